The SMILES string of the molecule is N=C(N)c1ccc(N2CCN(S(=O)(=O)c3ccc(-c4ccccc4-c4ccccc4)cc3)CC2)cc1. The summed E-state index contributed by atoms with van der Waals surface area (Å²) in [4.78, 5) is 2.46. The molecule has 0 aliphatic carbocycles. The van der Waals surface area contributed by atoms with Crippen molar-refractivity contribution >= 4 is 21.5 Å². The molecule has 4 aromatic rings. The van der Waals surface area contributed by atoms with E-state index in [0.29, 0.717) is 36.6 Å². The summed E-state index contributed by atoms with van der Waals surface area (Å²) in [6, 6.07) is 33.0. The van der Waals surface area contributed by atoms with Crippen molar-refractivity contribution in [2.24, 2.45) is 5.73 Å². The first-order valence-corrected chi connectivity index (χ1v) is 13.3. The normalized spacial score (nSPS) is 14.5. The average molecular weight is 497 g/mol. The van der Waals surface area contributed by atoms with Crippen LogP contribution >= 0.6 is 0 Å². The number of amidine groups is 1. The van der Waals surface area contributed by atoms with E-state index in [1.807, 2.05) is 66.7 Å². The number of nitrogen functional groups attached to an aromatic ring is 1. The van der Waals surface area contributed by atoms with E-state index in [0.717, 1.165) is 27.9 Å². The van der Waals surface area contributed by atoms with E-state index < -0.39 is 10.0 Å². The first kappa shape index (κ1) is 23.8. The van der Waals surface area contributed by atoms with Crippen molar-refractivity contribution in [3.63, 3.8) is 0 Å². The van der Waals surface area contributed by atoms with Crippen LogP contribution in [-0.2, 0) is 10.0 Å². The molecule has 0 unspecified atom stereocenters. The molecule has 1 saturated heterocycles. The summed E-state index contributed by atoms with van der Waals surface area (Å²) < 4.78 is 28.3. The molecule has 36 heavy (non-hydrogen) atoms. The number of benzene rings is 4. The molecular weight excluding hydrogens is 468 g/mol. The van der Waals surface area contributed by atoms with E-state index in [2.05, 4.69) is 29.2 Å². The molecule has 7 heteroatoms. The van der Waals surface area contributed by atoms with Gasteiger partial charge in [-0.2, -0.15) is 4.31 Å². The second kappa shape index (κ2) is 9.97. The fourth-order valence-corrected chi connectivity index (χ4v) is 6.02. The maximum atomic E-state index is 13.4. The first-order chi connectivity index (χ1) is 17.4. The summed E-state index contributed by atoms with van der Waals surface area (Å²) in [5, 5.41) is 7.53. The van der Waals surface area contributed by atoms with Gasteiger partial charge in [0, 0.05) is 37.4 Å². The predicted octanol–water partition coefficient (Wildman–Crippen LogP) is 4.82. The molecule has 3 N–H and O–H groups in total. The van der Waals surface area contributed by atoms with Crippen LogP contribution in [0.5, 0.6) is 0 Å². The number of piperazine rings is 1. The number of rotatable bonds is 6. The molecule has 4 aromatic carbocycles. The van der Waals surface area contributed by atoms with Crippen LogP contribution in [0.15, 0.2) is 108 Å². The quantitative estimate of drug-likeness (QED) is 0.296. The number of nitrogens with one attached hydrogen (secondary N) is 1. The van der Waals surface area contributed by atoms with E-state index in [9.17, 15) is 8.42 Å². The molecule has 6 nitrogen and oxygen atoms in total. The van der Waals surface area contributed by atoms with Gasteiger partial charge in [-0.05, 0) is 58.7 Å². The molecule has 1 aliphatic rings. The Morgan fingerprint density at radius 2 is 1.19 bits per heavy atom. The van der Waals surface area contributed by atoms with Gasteiger partial charge in [0.15, 0.2) is 0 Å². The monoisotopic (exact) mass is 496 g/mol. The first-order valence-electron chi connectivity index (χ1n) is 11.9. The van der Waals surface area contributed by atoms with Crippen molar-refractivity contribution in [2.75, 3.05) is 31.1 Å². The van der Waals surface area contributed by atoms with Gasteiger partial charge in [-0.3, -0.25) is 5.41 Å². The summed E-state index contributed by atoms with van der Waals surface area (Å²) in [5.41, 5.74) is 11.5. The maximum Gasteiger partial charge on any atom is 0.243 e. The van der Waals surface area contributed by atoms with Crippen LogP contribution in [0.4, 0.5) is 5.69 Å². The van der Waals surface area contributed by atoms with E-state index >= 15 is 0 Å². The van der Waals surface area contributed by atoms with Crippen molar-refractivity contribution in [1.82, 2.24) is 4.31 Å². The summed E-state index contributed by atoms with van der Waals surface area (Å²) in [6.07, 6.45) is 0. The molecule has 0 bridgehead atoms. The van der Waals surface area contributed by atoms with E-state index in [1.54, 1.807) is 16.4 Å². The Balaban J connectivity index is 1.31. The highest BCUT2D eigenvalue weighted by atomic mass is 32.2. The second-order valence-corrected chi connectivity index (χ2v) is 10.7. The molecule has 5 rings (SSSR count). The molecule has 1 fully saturated rings. The van der Waals surface area contributed by atoms with Crippen LogP contribution in [0.2, 0.25) is 0 Å². The average Bonchev–Trinajstić information content (AvgIpc) is 2.94. The molecule has 0 spiro atoms. The van der Waals surface area contributed by atoms with Gasteiger partial charge >= 0.3 is 0 Å². The zero-order valence-electron chi connectivity index (χ0n) is 19.8. The Kier molecular flexibility index (Phi) is 6.59. The number of hydrogen-bond donors (Lipinski definition) is 2. The predicted molar refractivity (Wildman–Crippen MR) is 146 cm³/mol. The topological polar surface area (TPSA) is 90.5 Å². The van der Waals surface area contributed by atoms with Crippen LogP contribution in [0.1, 0.15) is 5.56 Å². The van der Waals surface area contributed by atoms with Gasteiger partial charge in [0.2, 0.25) is 10.0 Å². The van der Waals surface area contributed by atoms with E-state index in [1.165, 1.54) is 0 Å². The fourth-order valence-electron chi connectivity index (χ4n) is 4.60. The Bertz CT molecular complexity index is 1460. The van der Waals surface area contributed by atoms with Gasteiger partial charge in [0.1, 0.15) is 5.84 Å². The lowest BCUT2D eigenvalue weighted by atomic mass is 9.95. The molecule has 0 atom stereocenters. The van der Waals surface area contributed by atoms with Gasteiger partial charge in [0.25, 0.3) is 0 Å². The Morgan fingerprint density at radius 3 is 1.75 bits per heavy atom. The van der Waals surface area contributed by atoms with Crippen molar-refractivity contribution in [2.45, 2.75) is 4.90 Å². The minimum Gasteiger partial charge on any atom is -0.384 e. The lowest BCUT2D eigenvalue weighted by Gasteiger charge is -2.35. The zero-order valence-corrected chi connectivity index (χ0v) is 20.7. The largest absolute Gasteiger partial charge is 0.384 e. The highest BCUT2D eigenvalue weighted by Gasteiger charge is 2.28. The van der Waals surface area contributed by atoms with Gasteiger partial charge in [-0.15, -0.1) is 0 Å². The third-order valence-corrected chi connectivity index (χ3v) is 8.51. The minimum absolute atomic E-state index is 0.0343. The highest BCUT2D eigenvalue weighted by Crippen LogP contribution is 2.33. The Morgan fingerprint density at radius 1 is 0.667 bits per heavy atom. The summed E-state index contributed by atoms with van der Waals surface area (Å²) in [5.74, 6) is 0.0343. The second-order valence-electron chi connectivity index (χ2n) is 8.79. The lowest BCUT2D eigenvalue weighted by molar-refractivity contribution is 0.385. The van der Waals surface area contributed by atoms with Crippen LogP contribution < -0.4 is 10.6 Å². The van der Waals surface area contributed by atoms with Crippen LogP contribution in [0, 0.1) is 5.41 Å². The smallest absolute Gasteiger partial charge is 0.243 e. The number of sulfonamides is 1. The van der Waals surface area contributed by atoms with Crippen LogP contribution in [0.3, 0.4) is 0 Å². The standard InChI is InChI=1S/C29H28N4O2S/c30-29(31)24-10-14-25(15-11-24)32-18-20-33(21-19-32)36(34,35)26-16-12-23(13-17-26)28-9-5-4-8-27(28)22-6-2-1-3-7-22/h1-17H,18-21H2,(H3,30,31). The van der Waals surface area contributed by atoms with Crippen molar-refractivity contribution < 1.29 is 8.42 Å². The number of nitrogens with two attached hydrogens (primary N) is 1. The van der Waals surface area contributed by atoms with E-state index in [-0.39, 0.29) is 5.84 Å². The van der Waals surface area contributed by atoms with E-state index in [4.69, 9.17) is 11.1 Å². The number of hydrogen-bond acceptors (Lipinski definition) is 4. The third-order valence-electron chi connectivity index (χ3n) is 6.60. The van der Waals surface area contributed by atoms with Gasteiger partial charge in [-0.1, -0.05) is 66.7 Å². The van der Waals surface area contributed by atoms with Gasteiger partial charge < -0.3 is 10.6 Å². The summed E-state index contributed by atoms with van der Waals surface area (Å²) in [7, 11) is -3.58. The van der Waals surface area contributed by atoms with Crippen molar-refractivity contribution in [3.05, 3.63) is 109 Å². The summed E-state index contributed by atoms with van der Waals surface area (Å²) >= 11 is 0. The van der Waals surface area contributed by atoms with Crippen molar-refractivity contribution in [1.29, 1.82) is 5.41 Å². The molecular formula is C29H28N4O2S. The molecule has 0 aromatic heterocycles. The Hall–Kier alpha value is -3.94. The van der Waals surface area contributed by atoms with Crippen LogP contribution in [-0.4, -0.2) is 44.7 Å². The molecule has 0 amide bonds. The fraction of sp³-hybridized carbons (Fsp3) is 0.138. The minimum atomic E-state index is -3.58. The molecule has 182 valence electrons. The third kappa shape index (κ3) is 4.76. The highest BCUT2D eigenvalue weighted by molar-refractivity contribution is 7.89. The number of anilines is 1. The summed E-state index contributed by atoms with van der Waals surface area (Å²) in [6.45, 7) is 2.02. The van der Waals surface area contributed by atoms with Crippen molar-refractivity contribution in [3.8, 4) is 22.3 Å². The lowest BCUT2D eigenvalue weighted by Crippen LogP contribution is -2.48. The molecule has 1 heterocycles. The molecule has 0 saturated carbocycles. The van der Waals surface area contributed by atoms with Gasteiger partial charge in [-0.25, -0.2) is 8.42 Å². The Labute approximate surface area is 212 Å². The zero-order chi connectivity index (χ0) is 25.1. The van der Waals surface area contributed by atoms with Crippen LogP contribution in [0.25, 0.3) is 22.3 Å². The molecule has 1 aliphatic heterocycles. The maximum absolute atomic E-state index is 13.4. The number of nitrogens with zero attached hydrogens (tertiary/aromatic N) is 2. The molecule has 0 radical (unpaired) electrons. The van der Waals surface area contributed by atoms with Gasteiger partial charge in [0.05, 0.1) is 4.90 Å².